The van der Waals surface area contributed by atoms with Crippen LogP contribution >= 0.6 is 23.2 Å². The van der Waals surface area contributed by atoms with Crippen LogP contribution in [0, 0.1) is 40.4 Å². The van der Waals surface area contributed by atoms with Crippen LogP contribution in [0.3, 0.4) is 0 Å². The number of ketones is 1. The Hall–Kier alpha value is -0.280. The molecule has 4 aliphatic rings. The number of alkyl halides is 2. The zero-order chi connectivity index (χ0) is 21.4. The first-order valence-corrected chi connectivity index (χ1v) is 12.3. The first kappa shape index (κ1) is 21.9. The van der Waals surface area contributed by atoms with Gasteiger partial charge in [0.25, 0.3) is 0 Å². The highest BCUT2D eigenvalue weighted by Gasteiger charge is 2.68. The minimum atomic E-state index is -0.536. The Balaban J connectivity index is 1.65. The Bertz CT molecular complexity index is 710. The molecule has 0 aromatic heterocycles. The topological polar surface area (TPSA) is 43.4 Å². The van der Waals surface area contributed by atoms with Crippen LogP contribution in [0.5, 0.6) is 0 Å². The van der Waals surface area contributed by atoms with E-state index in [4.69, 9.17) is 27.9 Å². The number of carbonyl (C=O) groups is 2. The van der Waals surface area contributed by atoms with E-state index in [-0.39, 0.29) is 34.2 Å². The van der Waals surface area contributed by atoms with Gasteiger partial charge >= 0.3 is 5.97 Å². The lowest BCUT2D eigenvalue weighted by Crippen LogP contribution is -2.65. The summed E-state index contributed by atoms with van der Waals surface area (Å²) in [4.78, 5) is 23.5. The molecule has 0 radical (unpaired) electrons. The van der Waals surface area contributed by atoms with E-state index in [9.17, 15) is 9.59 Å². The molecule has 0 bridgehead atoms. The second-order valence-corrected chi connectivity index (χ2v) is 12.4. The van der Waals surface area contributed by atoms with Crippen molar-refractivity contribution in [2.24, 2.45) is 40.4 Å². The lowest BCUT2D eigenvalue weighted by molar-refractivity contribution is -0.157. The SMILES string of the molecule is CC(=O)O[C@H]1CC[C@]2(C)[C@H]3CC[C@@]4(C)[C@@H](C[C@H](C)[C@@H]4C(C)=O)[C@@H]3C[C@@H](Cl)[C@@]2(Cl)C1. The number of hydrogen-bond acceptors (Lipinski definition) is 3. The zero-order valence-electron chi connectivity index (χ0n) is 18.5. The van der Waals surface area contributed by atoms with Crippen molar-refractivity contribution in [3.8, 4) is 0 Å². The van der Waals surface area contributed by atoms with Crippen LogP contribution in [0.1, 0.15) is 79.6 Å². The van der Waals surface area contributed by atoms with Gasteiger partial charge in [0.1, 0.15) is 11.9 Å². The van der Waals surface area contributed by atoms with Crippen molar-refractivity contribution < 1.29 is 14.3 Å². The zero-order valence-corrected chi connectivity index (χ0v) is 20.0. The lowest BCUT2D eigenvalue weighted by Gasteiger charge is -2.65. The largest absolute Gasteiger partial charge is 0.462 e. The van der Waals surface area contributed by atoms with Crippen LogP contribution in [0.25, 0.3) is 0 Å². The van der Waals surface area contributed by atoms with Gasteiger partial charge in [-0.3, -0.25) is 9.59 Å². The molecule has 5 heteroatoms. The van der Waals surface area contributed by atoms with Crippen LogP contribution in [0.15, 0.2) is 0 Å². The normalized spacial score (nSPS) is 54.1. The maximum atomic E-state index is 12.5. The third-order valence-corrected chi connectivity index (χ3v) is 11.3. The molecule has 0 spiro atoms. The molecule has 4 saturated carbocycles. The minimum absolute atomic E-state index is 0.0561. The Kier molecular flexibility index (Phi) is 5.39. The molecule has 10 atom stereocenters. The van der Waals surface area contributed by atoms with Crippen LogP contribution < -0.4 is 0 Å². The Morgan fingerprint density at radius 2 is 1.72 bits per heavy atom. The van der Waals surface area contributed by atoms with Crippen molar-refractivity contribution in [2.45, 2.75) is 95.9 Å². The summed E-state index contributed by atoms with van der Waals surface area (Å²) in [6, 6.07) is 0. The van der Waals surface area contributed by atoms with E-state index in [1.807, 2.05) is 0 Å². The molecule has 3 nitrogen and oxygen atoms in total. The maximum Gasteiger partial charge on any atom is 0.302 e. The number of fused-ring (bicyclic) bond motifs is 5. The Morgan fingerprint density at radius 3 is 2.34 bits per heavy atom. The van der Waals surface area contributed by atoms with E-state index in [0.717, 1.165) is 38.5 Å². The number of esters is 1. The summed E-state index contributed by atoms with van der Waals surface area (Å²) >= 11 is 14.4. The second-order valence-electron chi connectivity index (χ2n) is 11.2. The molecule has 0 amide bonds. The van der Waals surface area contributed by atoms with Gasteiger partial charge in [0.2, 0.25) is 0 Å². The summed E-state index contributed by atoms with van der Waals surface area (Å²) in [5.74, 6) is 2.37. The number of hydrogen-bond donors (Lipinski definition) is 0. The summed E-state index contributed by atoms with van der Waals surface area (Å²) in [5, 5.41) is -0.136. The Morgan fingerprint density at radius 1 is 1.03 bits per heavy atom. The highest BCUT2D eigenvalue weighted by molar-refractivity contribution is 6.33. The molecule has 164 valence electrons. The minimum Gasteiger partial charge on any atom is -0.462 e. The molecule has 0 aromatic rings. The van der Waals surface area contributed by atoms with Gasteiger partial charge in [-0.25, -0.2) is 0 Å². The molecule has 0 heterocycles. The quantitative estimate of drug-likeness (QED) is 0.389. The summed E-state index contributed by atoms with van der Waals surface area (Å²) < 4.78 is 5.56. The standard InChI is InChI=1S/C24H36Cl2O3/c1-13-10-19-17-11-20(25)24(26)12-16(29-15(3)28)6-9-23(24,5)18(17)7-8-22(19,4)21(13)14(2)27/h13,16-21H,6-12H2,1-5H3/t13-,16-,17+,18-,19-,20+,21+,22-,23+,24-/m0/s1. The van der Waals surface area contributed by atoms with Crippen molar-refractivity contribution in [2.75, 3.05) is 0 Å². The van der Waals surface area contributed by atoms with Gasteiger partial charge in [-0.05, 0) is 80.0 Å². The second kappa shape index (κ2) is 7.12. The van der Waals surface area contributed by atoms with Gasteiger partial charge in [0.15, 0.2) is 0 Å². The van der Waals surface area contributed by atoms with Crippen LogP contribution in [-0.2, 0) is 14.3 Å². The molecule has 4 fully saturated rings. The maximum absolute atomic E-state index is 12.5. The highest BCUT2D eigenvalue weighted by Crippen LogP contribution is 2.71. The molecule has 0 N–H and O–H groups in total. The van der Waals surface area contributed by atoms with Crippen molar-refractivity contribution >= 4 is 35.0 Å². The van der Waals surface area contributed by atoms with Crippen LogP contribution in [0.4, 0.5) is 0 Å². The van der Waals surface area contributed by atoms with E-state index in [2.05, 4.69) is 20.8 Å². The Labute approximate surface area is 185 Å². The van der Waals surface area contributed by atoms with Crippen molar-refractivity contribution in [1.29, 1.82) is 0 Å². The highest BCUT2D eigenvalue weighted by atomic mass is 35.5. The third kappa shape index (κ3) is 3.04. The number of ether oxygens (including phenoxy) is 1. The van der Waals surface area contributed by atoms with Crippen LogP contribution in [-0.4, -0.2) is 28.1 Å². The monoisotopic (exact) mass is 442 g/mol. The van der Waals surface area contributed by atoms with Gasteiger partial charge < -0.3 is 4.74 Å². The van der Waals surface area contributed by atoms with E-state index in [0.29, 0.717) is 35.9 Å². The predicted molar refractivity (Wildman–Crippen MR) is 116 cm³/mol. The molecule has 0 saturated heterocycles. The van der Waals surface area contributed by atoms with E-state index < -0.39 is 4.87 Å². The number of halogens is 2. The average Bonchev–Trinajstić information content (AvgIpc) is 2.87. The molecule has 4 aliphatic carbocycles. The first-order valence-electron chi connectivity index (χ1n) is 11.4. The predicted octanol–water partition coefficient (Wildman–Crippen LogP) is 5.99. The molecular weight excluding hydrogens is 407 g/mol. The molecular formula is C24H36Cl2O3. The van der Waals surface area contributed by atoms with Crippen LogP contribution in [0.2, 0.25) is 0 Å². The molecule has 4 rings (SSSR count). The van der Waals surface area contributed by atoms with Crippen molar-refractivity contribution in [1.82, 2.24) is 0 Å². The number of Topliss-reactive ketones (excluding diaryl/α,β-unsaturated/α-hetero) is 1. The van der Waals surface area contributed by atoms with E-state index in [1.165, 1.54) is 6.92 Å². The van der Waals surface area contributed by atoms with Gasteiger partial charge in [-0.2, -0.15) is 0 Å². The molecule has 0 unspecified atom stereocenters. The average molecular weight is 443 g/mol. The van der Waals surface area contributed by atoms with Crippen molar-refractivity contribution in [3.63, 3.8) is 0 Å². The number of rotatable bonds is 2. The van der Waals surface area contributed by atoms with Gasteiger partial charge in [-0.1, -0.05) is 20.8 Å². The third-order valence-electron chi connectivity index (χ3n) is 9.80. The van der Waals surface area contributed by atoms with E-state index in [1.54, 1.807) is 6.92 Å². The molecule has 0 aliphatic heterocycles. The fourth-order valence-electron chi connectivity index (χ4n) is 8.71. The molecule has 29 heavy (non-hydrogen) atoms. The van der Waals surface area contributed by atoms with Gasteiger partial charge in [0.05, 0.1) is 10.3 Å². The van der Waals surface area contributed by atoms with Gasteiger partial charge in [0, 0.05) is 19.3 Å². The summed E-state index contributed by atoms with van der Waals surface area (Å²) in [6.07, 6.45) is 6.62. The van der Waals surface area contributed by atoms with Gasteiger partial charge in [-0.15, -0.1) is 23.2 Å². The fraction of sp³-hybridized carbons (Fsp3) is 0.917. The lowest BCUT2D eigenvalue weighted by atomic mass is 9.44. The van der Waals surface area contributed by atoms with E-state index >= 15 is 0 Å². The fourth-order valence-corrected chi connectivity index (χ4v) is 9.75. The first-order chi connectivity index (χ1) is 13.4. The molecule has 0 aromatic carbocycles. The summed E-state index contributed by atoms with van der Waals surface area (Å²) in [5.41, 5.74) is 0.0417. The summed E-state index contributed by atoms with van der Waals surface area (Å²) in [7, 11) is 0. The van der Waals surface area contributed by atoms with Crippen molar-refractivity contribution in [3.05, 3.63) is 0 Å². The smallest absolute Gasteiger partial charge is 0.302 e. The number of carbonyl (C=O) groups excluding carboxylic acids is 2. The summed E-state index contributed by atoms with van der Waals surface area (Å²) in [6.45, 7) is 10.2.